The Hall–Kier alpha value is -0.380. The lowest BCUT2D eigenvalue weighted by molar-refractivity contribution is 0.0495. The van der Waals surface area contributed by atoms with Crippen molar-refractivity contribution in [1.29, 1.82) is 0 Å². The summed E-state index contributed by atoms with van der Waals surface area (Å²) >= 11 is 3.50. The highest BCUT2D eigenvalue weighted by Crippen LogP contribution is 2.23. The monoisotopic (exact) mass is 353 g/mol. The van der Waals surface area contributed by atoms with E-state index < -0.39 is 0 Å². The van der Waals surface area contributed by atoms with Crippen molar-refractivity contribution in [2.45, 2.75) is 64.0 Å². The maximum atomic E-state index is 6.15. The lowest BCUT2D eigenvalue weighted by Gasteiger charge is -2.19. The van der Waals surface area contributed by atoms with Gasteiger partial charge in [0.1, 0.15) is 0 Å². The maximum absolute atomic E-state index is 6.15. The minimum absolute atomic E-state index is 0.185. The zero-order chi connectivity index (χ0) is 14.9. The van der Waals surface area contributed by atoms with Crippen LogP contribution in [-0.2, 0) is 4.74 Å². The summed E-state index contributed by atoms with van der Waals surface area (Å²) in [4.78, 5) is 0. The molecule has 3 heteroatoms. The molecule has 1 atom stereocenters. The molecule has 2 rings (SSSR count). The lowest BCUT2D eigenvalue weighted by atomic mass is 10.1. The average molecular weight is 354 g/mol. The van der Waals surface area contributed by atoms with Gasteiger partial charge in [-0.1, -0.05) is 60.7 Å². The predicted octanol–water partition coefficient (Wildman–Crippen LogP) is 5.23. The van der Waals surface area contributed by atoms with Crippen LogP contribution in [0, 0.1) is 0 Å². The minimum Gasteiger partial charge on any atom is -0.372 e. The molecule has 0 spiro atoms. The smallest absolute Gasteiger partial charge is 0.0949 e. The van der Waals surface area contributed by atoms with Gasteiger partial charge in [0.25, 0.3) is 0 Å². The van der Waals surface area contributed by atoms with Gasteiger partial charge in [-0.2, -0.15) is 0 Å². The Bertz CT molecular complexity index is 389. The van der Waals surface area contributed by atoms with Gasteiger partial charge in [-0.3, -0.25) is 0 Å². The number of benzene rings is 1. The van der Waals surface area contributed by atoms with Crippen LogP contribution in [0.1, 0.15) is 63.5 Å². The number of hydrogen-bond acceptors (Lipinski definition) is 2. The fourth-order valence-corrected chi connectivity index (χ4v) is 2.71. The quantitative estimate of drug-likeness (QED) is 0.550. The molecule has 0 amide bonds. The van der Waals surface area contributed by atoms with Crippen LogP contribution in [0.4, 0.5) is 0 Å². The first-order valence-corrected chi connectivity index (χ1v) is 9.19. The first-order valence-electron chi connectivity index (χ1n) is 8.40. The topological polar surface area (TPSA) is 21.3 Å². The molecular formula is C18H28BrNO. The van der Waals surface area contributed by atoms with Crippen LogP contribution in [0.2, 0.25) is 0 Å². The van der Waals surface area contributed by atoms with Crippen LogP contribution in [0.15, 0.2) is 28.7 Å². The number of unbranched alkanes of at least 4 members (excludes halogenated alkanes) is 4. The summed E-state index contributed by atoms with van der Waals surface area (Å²) in [6.07, 6.45) is 9.28. The Morgan fingerprint density at radius 1 is 1.14 bits per heavy atom. The summed E-state index contributed by atoms with van der Waals surface area (Å²) < 4.78 is 7.27. The molecule has 118 valence electrons. The summed E-state index contributed by atoms with van der Waals surface area (Å²) in [6.45, 7) is 4.06. The average Bonchev–Trinajstić information content (AvgIpc) is 3.31. The Labute approximate surface area is 137 Å². The molecule has 0 bridgehead atoms. The van der Waals surface area contributed by atoms with Crippen molar-refractivity contribution in [3.63, 3.8) is 0 Å². The molecule has 21 heavy (non-hydrogen) atoms. The molecule has 0 aromatic heterocycles. The zero-order valence-corrected chi connectivity index (χ0v) is 14.7. The van der Waals surface area contributed by atoms with Crippen molar-refractivity contribution in [2.75, 3.05) is 13.2 Å². The van der Waals surface area contributed by atoms with Crippen LogP contribution < -0.4 is 5.32 Å². The molecule has 1 fully saturated rings. The van der Waals surface area contributed by atoms with Gasteiger partial charge in [-0.15, -0.1) is 0 Å². The van der Waals surface area contributed by atoms with Crippen molar-refractivity contribution in [1.82, 2.24) is 5.32 Å². The van der Waals surface area contributed by atoms with E-state index in [2.05, 4.69) is 52.4 Å². The third-order valence-corrected chi connectivity index (χ3v) is 4.51. The summed E-state index contributed by atoms with van der Waals surface area (Å²) in [6, 6.07) is 9.27. The minimum atomic E-state index is 0.185. The molecule has 2 nitrogen and oxygen atoms in total. The molecule has 0 radical (unpaired) electrons. The molecule has 0 heterocycles. The van der Waals surface area contributed by atoms with Crippen LogP contribution in [0.25, 0.3) is 0 Å². The second-order valence-electron chi connectivity index (χ2n) is 6.01. The van der Waals surface area contributed by atoms with Gasteiger partial charge < -0.3 is 10.1 Å². The van der Waals surface area contributed by atoms with E-state index in [1.807, 2.05) is 0 Å². The largest absolute Gasteiger partial charge is 0.372 e. The normalized spacial score (nSPS) is 16.1. The van der Waals surface area contributed by atoms with Gasteiger partial charge in [0.05, 0.1) is 6.10 Å². The summed E-state index contributed by atoms with van der Waals surface area (Å²) in [5.74, 6) is 0. The number of hydrogen-bond donors (Lipinski definition) is 1. The van der Waals surface area contributed by atoms with Crippen molar-refractivity contribution < 1.29 is 4.74 Å². The van der Waals surface area contributed by atoms with Crippen molar-refractivity contribution >= 4 is 15.9 Å². The molecule has 1 aromatic rings. The number of nitrogens with one attached hydrogen (secondary N) is 1. The van der Waals surface area contributed by atoms with E-state index in [1.165, 1.54) is 50.5 Å². The SMILES string of the molecule is CCCCCCCOC(CNC1CC1)c1ccc(Br)cc1. The molecule has 1 aliphatic rings. The van der Waals surface area contributed by atoms with Gasteiger partial charge in [-0.05, 0) is 37.0 Å². The highest BCUT2D eigenvalue weighted by atomic mass is 79.9. The van der Waals surface area contributed by atoms with Crippen molar-refractivity contribution in [2.24, 2.45) is 0 Å². The van der Waals surface area contributed by atoms with Gasteiger partial charge >= 0.3 is 0 Å². The van der Waals surface area contributed by atoms with Gasteiger partial charge in [0, 0.05) is 23.7 Å². The number of ether oxygens (including phenoxy) is 1. The Morgan fingerprint density at radius 2 is 1.86 bits per heavy atom. The van der Waals surface area contributed by atoms with Crippen molar-refractivity contribution in [3.8, 4) is 0 Å². The Morgan fingerprint density at radius 3 is 2.52 bits per heavy atom. The van der Waals surface area contributed by atoms with Gasteiger partial charge in [-0.25, -0.2) is 0 Å². The van der Waals surface area contributed by atoms with Crippen molar-refractivity contribution in [3.05, 3.63) is 34.3 Å². The maximum Gasteiger partial charge on any atom is 0.0949 e. The van der Waals surface area contributed by atoms with E-state index in [0.29, 0.717) is 0 Å². The summed E-state index contributed by atoms with van der Waals surface area (Å²) in [7, 11) is 0. The van der Waals surface area contributed by atoms with E-state index in [0.717, 1.165) is 23.7 Å². The third-order valence-electron chi connectivity index (χ3n) is 3.98. The third kappa shape index (κ3) is 6.94. The fourth-order valence-electron chi connectivity index (χ4n) is 2.44. The predicted molar refractivity (Wildman–Crippen MR) is 92.6 cm³/mol. The molecular weight excluding hydrogens is 326 g/mol. The first-order chi connectivity index (χ1) is 10.3. The Balaban J connectivity index is 1.75. The Kier molecular flexibility index (Phi) is 7.76. The van der Waals surface area contributed by atoms with E-state index in [1.54, 1.807) is 0 Å². The molecule has 0 aliphatic heterocycles. The van der Waals surface area contributed by atoms with Gasteiger partial charge in [0.15, 0.2) is 0 Å². The lowest BCUT2D eigenvalue weighted by Crippen LogP contribution is -2.25. The van der Waals surface area contributed by atoms with Crippen LogP contribution in [0.5, 0.6) is 0 Å². The van der Waals surface area contributed by atoms with E-state index in [-0.39, 0.29) is 6.10 Å². The van der Waals surface area contributed by atoms with Crippen LogP contribution in [-0.4, -0.2) is 19.2 Å². The summed E-state index contributed by atoms with van der Waals surface area (Å²) in [5.41, 5.74) is 1.28. The summed E-state index contributed by atoms with van der Waals surface area (Å²) in [5, 5.41) is 3.59. The van der Waals surface area contributed by atoms with Crippen LogP contribution >= 0.6 is 15.9 Å². The highest BCUT2D eigenvalue weighted by Gasteiger charge is 2.22. The fraction of sp³-hybridized carbons (Fsp3) is 0.667. The van der Waals surface area contributed by atoms with Crippen LogP contribution in [0.3, 0.4) is 0 Å². The van der Waals surface area contributed by atoms with Gasteiger partial charge in [0.2, 0.25) is 0 Å². The molecule has 1 N–H and O–H groups in total. The second kappa shape index (κ2) is 9.60. The molecule has 0 saturated heterocycles. The standard InChI is InChI=1S/C18H28BrNO/c1-2-3-4-5-6-13-21-18(14-20-17-11-12-17)15-7-9-16(19)10-8-15/h7-10,17-18,20H,2-6,11-14H2,1H3. The van der Waals surface area contributed by atoms with E-state index in [4.69, 9.17) is 4.74 Å². The molecule has 1 saturated carbocycles. The number of halogens is 1. The molecule has 1 aromatic carbocycles. The first kappa shape index (κ1) is 17.0. The number of rotatable bonds is 11. The second-order valence-corrected chi connectivity index (χ2v) is 6.92. The van der Waals surface area contributed by atoms with E-state index >= 15 is 0 Å². The molecule has 1 unspecified atom stereocenters. The van der Waals surface area contributed by atoms with E-state index in [9.17, 15) is 0 Å². The zero-order valence-electron chi connectivity index (χ0n) is 13.1. The highest BCUT2D eigenvalue weighted by molar-refractivity contribution is 9.10. The molecule has 1 aliphatic carbocycles.